The molecule has 1 aliphatic heterocycles. The summed E-state index contributed by atoms with van der Waals surface area (Å²) in [6.45, 7) is 1.38. The van der Waals surface area contributed by atoms with Crippen LogP contribution in [0.2, 0.25) is 5.02 Å². The van der Waals surface area contributed by atoms with Gasteiger partial charge in [-0.2, -0.15) is 0 Å². The van der Waals surface area contributed by atoms with Crippen LogP contribution in [0.15, 0.2) is 48.8 Å². The van der Waals surface area contributed by atoms with Gasteiger partial charge in [0.1, 0.15) is 17.2 Å². The zero-order chi connectivity index (χ0) is 20.8. The summed E-state index contributed by atoms with van der Waals surface area (Å²) in [4.78, 5) is 14.2. The van der Waals surface area contributed by atoms with Crippen LogP contribution in [0, 0.1) is 11.6 Å². The SMILES string of the molecule is N[C@@H]1CCN(c2c(-c3cc(F)cc(Cl)c3)cncc2-c2nc3c(F)cccc3[nH]2)C1. The standard InChI is InChI=1S/C22H18ClF2N5/c23-13-6-12(7-14(24)8-13)16-9-27-10-17(21(16)30-5-4-15(26)11-30)22-28-19-3-1-2-18(25)20(19)29-22/h1-3,6-10,15H,4-5,11,26H2,(H,28,29)/t15-/m1/s1. The predicted molar refractivity (Wildman–Crippen MR) is 114 cm³/mol. The Morgan fingerprint density at radius 3 is 2.70 bits per heavy atom. The number of benzene rings is 2. The Balaban J connectivity index is 1.75. The van der Waals surface area contributed by atoms with Crippen LogP contribution in [0.1, 0.15) is 6.42 Å². The highest BCUT2D eigenvalue weighted by atomic mass is 35.5. The topological polar surface area (TPSA) is 70.8 Å². The number of H-pyrrole nitrogens is 1. The predicted octanol–water partition coefficient (Wildman–Crippen LogP) is 4.76. The van der Waals surface area contributed by atoms with E-state index in [9.17, 15) is 8.78 Å². The van der Waals surface area contributed by atoms with E-state index >= 15 is 0 Å². The summed E-state index contributed by atoms with van der Waals surface area (Å²) in [6, 6.07) is 9.18. The van der Waals surface area contributed by atoms with Crippen molar-refractivity contribution in [2.45, 2.75) is 12.5 Å². The molecule has 0 radical (unpaired) electrons. The van der Waals surface area contributed by atoms with Gasteiger partial charge >= 0.3 is 0 Å². The van der Waals surface area contributed by atoms with E-state index in [1.807, 2.05) is 0 Å². The quantitative estimate of drug-likeness (QED) is 0.496. The first-order chi connectivity index (χ1) is 14.5. The Morgan fingerprint density at radius 1 is 1.13 bits per heavy atom. The molecule has 0 aliphatic carbocycles. The minimum absolute atomic E-state index is 0.0306. The van der Waals surface area contributed by atoms with Crippen molar-refractivity contribution in [2.75, 3.05) is 18.0 Å². The molecule has 30 heavy (non-hydrogen) atoms. The second-order valence-electron chi connectivity index (χ2n) is 7.46. The van der Waals surface area contributed by atoms with E-state index in [4.69, 9.17) is 17.3 Å². The molecule has 1 atom stereocenters. The van der Waals surface area contributed by atoms with Crippen LogP contribution in [0.4, 0.5) is 14.5 Å². The van der Waals surface area contributed by atoms with Crippen LogP contribution in [-0.2, 0) is 0 Å². The van der Waals surface area contributed by atoms with Crippen molar-refractivity contribution in [1.29, 1.82) is 0 Å². The lowest BCUT2D eigenvalue weighted by Crippen LogP contribution is -2.27. The van der Waals surface area contributed by atoms with Gasteiger partial charge in [-0.15, -0.1) is 0 Å². The molecule has 3 heterocycles. The molecule has 2 aromatic heterocycles. The molecule has 0 spiro atoms. The average Bonchev–Trinajstić information content (AvgIpc) is 3.34. The highest BCUT2D eigenvalue weighted by Crippen LogP contribution is 2.40. The smallest absolute Gasteiger partial charge is 0.151 e. The van der Waals surface area contributed by atoms with Gasteiger partial charge < -0.3 is 15.6 Å². The number of aromatic nitrogens is 3. The van der Waals surface area contributed by atoms with Gasteiger partial charge in [0, 0.05) is 42.1 Å². The number of anilines is 1. The number of nitrogens with zero attached hydrogens (tertiary/aromatic N) is 3. The number of hydrogen-bond acceptors (Lipinski definition) is 4. The molecule has 5 nitrogen and oxygen atoms in total. The molecular weight excluding hydrogens is 408 g/mol. The van der Waals surface area contributed by atoms with Crippen LogP contribution in [-0.4, -0.2) is 34.1 Å². The first-order valence-corrected chi connectivity index (χ1v) is 9.97. The molecule has 0 unspecified atom stereocenters. The molecule has 5 rings (SSSR count). The molecule has 3 N–H and O–H groups in total. The first kappa shape index (κ1) is 19.0. The Hall–Kier alpha value is -3.03. The fourth-order valence-electron chi connectivity index (χ4n) is 4.00. The van der Waals surface area contributed by atoms with Crippen molar-refractivity contribution in [3.63, 3.8) is 0 Å². The van der Waals surface area contributed by atoms with Crippen molar-refractivity contribution in [1.82, 2.24) is 15.0 Å². The summed E-state index contributed by atoms with van der Waals surface area (Å²) in [6.07, 6.45) is 4.19. The molecule has 8 heteroatoms. The van der Waals surface area contributed by atoms with Gasteiger partial charge in [0.15, 0.2) is 5.82 Å². The molecule has 0 saturated carbocycles. The van der Waals surface area contributed by atoms with Gasteiger partial charge in [0.2, 0.25) is 0 Å². The van der Waals surface area contributed by atoms with Crippen LogP contribution in [0.25, 0.3) is 33.5 Å². The maximum absolute atomic E-state index is 14.2. The van der Waals surface area contributed by atoms with Crippen molar-refractivity contribution >= 4 is 28.3 Å². The van der Waals surface area contributed by atoms with Crippen molar-refractivity contribution in [3.8, 4) is 22.5 Å². The highest BCUT2D eigenvalue weighted by molar-refractivity contribution is 6.30. The van der Waals surface area contributed by atoms with Crippen molar-refractivity contribution < 1.29 is 8.78 Å². The fraction of sp³-hybridized carbons (Fsp3) is 0.182. The van der Waals surface area contributed by atoms with E-state index in [1.165, 1.54) is 18.2 Å². The maximum atomic E-state index is 14.2. The monoisotopic (exact) mass is 425 g/mol. The summed E-state index contributed by atoms with van der Waals surface area (Å²) in [7, 11) is 0. The number of nitrogens with one attached hydrogen (secondary N) is 1. The molecule has 1 aliphatic rings. The normalized spacial score (nSPS) is 16.5. The van der Waals surface area contributed by atoms with Gasteiger partial charge in [-0.3, -0.25) is 4.98 Å². The molecule has 4 aromatic rings. The third kappa shape index (κ3) is 3.30. The number of hydrogen-bond donors (Lipinski definition) is 2. The largest absolute Gasteiger partial charge is 0.369 e. The number of para-hydroxylation sites is 1. The zero-order valence-corrected chi connectivity index (χ0v) is 16.6. The summed E-state index contributed by atoms with van der Waals surface area (Å²) in [5.74, 6) is -0.346. The third-order valence-electron chi connectivity index (χ3n) is 5.35. The second-order valence-corrected chi connectivity index (χ2v) is 7.89. The molecule has 2 aromatic carbocycles. The molecule has 0 amide bonds. The number of pyridine rings is 1. The number of nitrogens with two attached hydrogens (primary N) is 1. The Labute approximate surface area is 176 Å². The van der Waals surface area contributed by atoms with Gasteiger partial charge in [-0.25, -0.2) is 13.8 Å². The number of imidazole rings is 1. The summed E-state index contributed by atoms with van der Waals surface area (Å²) < 4.78 is 28.3. The van der Waals surface area contributed by atoms with E-state index in [2.05, 4.69) is 19.9 Å². The zero-order valence-electron chi connectivity index (χ0n) is 15.9. The number of aromatic amines is 1. The van der Waals surface area contributed by atoms with E-state index in [0.29, 0.717) is 39.6 Å². The van der Waals surface area contributed by atoms with Crippen molar-refractivity contribution in [3.05, 3.63) is 65.4 Å². The van der Waals surface area contributed by atoms with Gasteiger partial charge in [-0.05, 0) is 42.3 Å². The van der Waals surface area contributed by atoms with E-state index in [1.54, 1.807) is 30.6 Å². The van der Waals surface area contributed by atoms with Crippen molar-refractivity contribution in [2.24, 2.45) is 5.73 Å². The highest BCUT2D eigenvalue weighted by Gasteiger charge is 2.26. The van der Waals surface area contributed by atoms with Gasteiger partial charge in [-0.1, -0.05) is 17.7 Å². The Bertz CT molecular complexity index is 1240. The minimum Gasteiger partial charge on any atom is -0.369 e. The molecular formula is C22H18ClF2N5. The van der Waals surface area contributed by atoms with Gasteiger partial charge in [0.05, 0.1) is 16.8 Å². The maximum Gasteiger partial charge on any atom is 0.151 e. The molecule has 0 bridgehead atoms. The molecule has 1 fully saturated rings. The Kier molecular flexibility index (Phi) is 4.64. The van der Waals surface area contributed by atoms with E-state index in [-0.39, 0.29) is 11.6 Å². The molecule has 152 valence electrons. The summed E-state index contributed by atoms with van der Waals surface area (Å²) >= 11 is 6.11. The van der Waals surface area contributed by atoms with Crippen LogP contribution >= 0.6 is 11.6 Å². The minimum atomic E-state index is -0.433. The van der Waals surface area contributed by atoms with E-state index in [0.717, 1.165) is 18.7 Å². The number of fused-ring (bicyclic) bond motifs is 1. The lowest BCUT2D eigenvalue weighted by molar-refractivity contribution is 0.628. The lowest BCUT2D eigenvalue weighted by Gasteiger charge is -2.24. The van der Waals surface area contributed by atoms with Crippen LogP contribution < -0.4 is 10.6 Å². The summed E-state index contributed by atoms with van der Waals surface area (Å²) in [5, 5.41) is 0.297. The number of rotatable bonds is 3. The lowest BCUT2D eigenvalue weighted by atomic mass is 10.0. The van der Waals surface area contributed by atoms with Gasteiger partial charge in [0.25, 0.3) is 0 Å². The molecule has 1 saturated heterocycles. The average molecular weight is 426 g/mol. The van der Waals surface area contributed by atoms with E-state index < -0.39 is 11.6 Å². The fourth-order valence-corrected chi connectivity index (χ4v) is 4.23. The van der Waals surface area contributed by atoms with Crippen LogP contribution in [0.3, 0.4) is 0 Å². The third-order valence-corrected chi connectivity index (χ3v) is 5.57. The first-order valence-electron chi connectivity index (χ1n) is 9.59. The second kappa shape index (κ2) is 7.34. The van der Waals surface area contributed by atoms with Crippen LogP contribution in [0.5, 0.6) is 0 Å². The number of halogens is 3. The Morgan fingerprint density at radius 2 is 1.97 bits per heavy atom. The summed E-state index contributed by atoms with van der Waals surface area (Å²) in [5.41, 5.74) is 9.84.